The summed E-state index contributed by atoms with van der Waals surface area (Å²) in [6.45, 7) is 0.176. The molecule has 0 bridgehead atoms. The lowest BCUT2D eigenvalue weighted by atomic mass is 10.1. The molecule has 1 saturated heterocycles. The van der Waals surface area contributed by atoms with Crippen molar-refractivity contribution in [2.24, 2.45) is 0 Å². The van der Waals surface area contributed by atoms with E-state index in [0.717, 1.165) is 16.2 Å². The van der Waals surface area contributed by atoms with Gasteiger partial charge in [0.2, 0.25) is 5.91 Å². The lowest BCUT2D eigenvalue weighted by Gasteiger charge is -2.18. The number of nitrogens with zero attached hydrogens (tertiary/aromatic N) is 2. The van der Waals surface area contributed by atoms with Crippen molar-refractivity contribution in [3.05, 3.63) is 65.7 Å². The zero-order chi connectivity index (χ0) is 17.1. The van der Waals surface area contributed by atoms with E-state index < -0.39 is 6.03 Å². The maximum Gasteiger partial charge on any atom is 0.324 e. The van der Waals surface area contributed by atoms with Gasteiger partial charge in [0.25, 0.3) is 5.91 Å². The van der Waals surface area contributed by atoms with Crippen molar-refractivity contribution < 1.29 is 14.4 Å². The first-order valence-corrected chi connectivity index (χ1v) is 7.56. The summed E-state index contributed by atoms with van der Waals surface area (Å²) in [5.41, 5.74) is 2.03. The number of benzene rings is 2. The Labute approximate surface area is 139 Å². The van der Waals surface area contributed by atoms with Crippen molar-refractivity contribution in [1.29, 1.82) is 0 Å². The fourth-order valence-corrected chi connectivity index (χ4v) is 2.56. The molecule has 4 amide bonds. The number of carbonyl (C=O) groups is 3. The number of carbonyl (C=O) groups excluding carboxylic acids is 3. The standard InChI is InChI=1S/C18H17N3O3/c1-20(15-8-3-2-4-9-15)17(23)14-7-5-6-13(10-14)12-21-16(22)11-19-18(21)24/h2-10H,11-12H2,1H3,(H,19,24). The Hall–Kier alpha value is -3.15. The summed E-state index contributed by atoms with van der Waals surface area (Å²) in [4.78, 5) is 38.6. The molecule has 24 heavy (non-hydrogen) atoms. The van der Waals surface area contributed by atoms with Crippen LogP contribution < -0.4 is 10.2 Å². The van der Waals surface area contributed by atoms with E-state index in [1.807, 2.05) is 30.3 Å². The molecule has 6 heteroatoms. The largest absolute Gasteiger partial charge is 0.329 e. The molecule has 0 atom stereocenters. The Morgan fingerprint density at radius 1 is 1.12 bits per heavy atom. The first kappa shape index (κ1) is 15.7. The first-order chi connectivity index (χ1) is 11.6. The summed E-state index contributed by atoms with van der Waals surface area (Å²) < 4.78 is 0. The fraction of sp³-hybridized carbons (Fsp3) is 0.167. The predicted molar refractivity (Wildman–Crippen MR) is 89.6 cm³/mol. The minimum Gasteiger partial charge on any atom is -0.329 e. The van der Waals surface area contributed by atoms with Crippen LogP contribution in [-0.2, 0) is 11.3 Å². The van der Waals surface area contributed by atoms with Crippen LogP contribution in [0.4, 0.5) is 10.5 Å². The molecule has 0 aliphatic carbocycles. The molecule has 1 aliphatic heterocycles. The molecule has 0 radical (unpaired) electrons. The molecule has 122 valence electrons. The van der Waals surface area contributed by atoms with Gasteiger partial charge >= 0.3 is 6.03 Å². The Kier molecular flexibility index (Phi) is 4.29. The lowest BCUT2D eigenvalue weighted by Crippen LogP contribution is -2.30. The minimum absolute atomic E-state index is 0.0220. The van der Waals surface area contributed by atoms with Crippen molar-refractivity contribution in [3.63, 3.8) is 0 Å². The third-order valence-electron chi connectivity index (χ3n) is 3.90. The Morgan fingerprint density at radius 2 is 1.88 bits per heavy atom. The van der Waals surface area contributed by atoms with Crippen LogP contribution in [0.3, 0.4) is 0 Å². The van der Waals surface area contributed by atoms with Crippen LogP contribution >= 0.6 is 0 Å². The van der Waals surface area contributed by atoms with Crippen LogP contribution in [0.2, 0.25) is 0 Å². The summed E-state index contributed by atoms with van der Waals surface area (Å²) in [6, 6.07) is 15.9. The second-order valence-electron chi connectivity index (χ2n) is 5.54. The third kappa shape index (κ3) is 3.12. The van der Waals surface area contributed by atoms with Gasteiger partial charge in [0, 0.05) is 18.3 Å². The zero-order valence-corrected chi connectivity index (χ0v) is 13.2. The highest BCUT2D eigenvalue weighted by Crippen LogP contribution is 2.17. The predicted octanol–water partition coefficient (Wildman–Crippen LogP) is 2.02. The van der Waals surface area contributed by atoms with Crippen LogP contribution in [0, 0.1) is 0 Å². The quantitative estimate of drug-likeness (QED) is 0.875. The average molecular weight is 323 g/mol. The van der Waals surface area contributed by atoms with E-state index in [4.69, 9.17) is 0 Å². The molecule has 0 spiro atoms. The van der Waals surface area contributed by atoms with E-state index in [0.29, 0.717) is 5.56 Å². The van der Waals surface area contributed by atoms with E-state index in [2.05, 4.69) is 5.32 Å². The second kappa shape index (κ2) is 6.54. The number of anilines is 1. The van der Waals surface area contributed by atoms with Gasteiger partial charge in [-0.3, -0.25) is 14.5 Å². The lowest BCUT2D eigenvalue weighted by molar-refractivity contribution is -0.125. The van der Waals surface area contributed by atoms with Crippen LogP contribution in [-0.4, -0.2) is 36.3 Å². The maximum absolute atomic E-state index is 12.6. The number of para-hydroxylation sites is 1. The van der Waals surface area contributed by atoms with Crippen molar-refractivity contribution in [1.82, 2.24) is 10.2 Å². The number of hydrogen-bond donors (Lipinski definition) is 1. The van der Waals surface area contributed by atoms with Gasteiger partial charge in [0.1, 0.15) is 0 Å². The summed E-state index contributed by atoms with van der Waals surface area (Å²) >= 11 is 0. The van der Waals surface area contributed by atoms with Crippen molar-refractivity contribution >= 4 is 23.5 Å². The van der Waals surface area contributed by atoms with E-state index in [9.17, 15) is 14.4 Å². The van der Waals surface area contributed by atoms with Crippen molar-refractivity contribution in [2.45, 2.75) is 6.54 Å². The topological polar surface area (TPSA) is 69.7 Å². The number of rotatable bonds is 4. The van der Waals surface area contributed by atoms with Crippen LogP contribution in [0.15, 0.2) is 54.6 Å². The molecule has 1 aliphatic rings. The smallest absolute Gasteiger partial charge is 0.324 e. The molecule has 0 unspecified atom stereocenters. The van der Waals surface area contributed by atoms with E-state index in [1.165, 1.54) is 0 Å². The normalized spacial score (nSPS) is 13.8. The Bertz CT molecular complexity index is 773. The van der Waals surface area contributed by atoms with E-state index in [1.54, 1.807) is 36.2 Å². The molecule has 6 nitrogen and oxygen atoms in total. The Morgan fingerprint density at radius 3 is 2.54 bits per heavy atom. The molecule has 0 aromatic heterocycles. The van der Waals surface area contributed by atoms with Crippen LogP contribution in [0.5, 0.6) is 0 Å². The first-order valence-electron chi connectivity index (χ1n) is 7.56. The van der Waals surface area contributed by atoms with Gasteiger partial charge in [-0.05, 0) is 29.8 Å². The molecular formula is C18H17N3O3. The monoisotopic (exact) mass is 323 g/mol. The molecule has 0 saturated carbocycles. The highest BCUT2D eigenvalue weighted by atomic mass is 16.2. The molecule has 3 rings (SSSR count). The van der Waals surface area contributed by atoms with E-state index >= 15 is 0 Å². The number of hydrogen-bond acceptors (Lipinski definition) is 3. The van der Waals surface area contributed by atoms with Gasteiger partial charge in [-0.1, -0.05) is 30.3 Å². The highest BCUT2D eigenvalue weighted by molar-refractivity contribution is 6.06. The fourth-order valence-electron chi connectivity index (χ4n) is 2.56. The SMILES string of the molecule is CN(C(=O)c1cccc(CN2C(=O)CNC2=O)c1)c1ccccc1. The summed E-state index contributed by atoms with van der Waals surface area (Å²) in [5, 5.41) is 2.48. The molecule has 1 heterocycles. The molecule has 2 aromatic carbocycles. The summed E-state index contributed by atoms with van der Waals surface area (Å²) in [7, 11) is 1.71. The number of amides is 4. The molecular weight excluding hydrogens is 306 g/mol. The average Bonchev–Trinajstić information content (AvgIpc) is 2.93. The van der Waals surface area contributed by atoms with E-state index in [-0.39, 0.29) is 24.9 Å². The van der Waals surface area contributed by atoms with Gasteiger partial charge < -0.3 is 10.2 Å². The summed E-state index contributed by atoms with van der Waals surface area (Å²) in [6.07, 6.45) is 0. The van der Waals surface area contributed by atoms with Crippen molar-refractivity contribution in [3.8, 4) is 0 Å². The third-order valence-corrected chi connectivity index (χ3v) is 3.90. The molecule has 1 N–H and O–H groups in total. The number of urea groups is 1. The molecule has 2 aromatic rings. The van der Waals surface area contributed by atoms with Crippen molar-refractivity contribution in [2.75, 3.05) is 18.5 Å². The Balaban J connectivity index is 1.79. The summed E-state index contributed by atoms with van der Waals surface area (Å²) in [5.74, 6) is -0.418. The number of imide groups is 1. The van der Waals surface area contributed by atoms with Gasteiger partial charge in [-0.2, -0.15) is 0 Å². The van der Waals surface area contributed by atoms with Gasteiger partial charge in [-0.15, -0.1) is 0 Å². The van der Waals surface area contributed by atoms with Gasteiger partial charge in [-0.25, -0.2) is 4.79 Å². The minimum atomic E-state index is -0.405. The maximum atomic E-state index is 12.6. The van der Waals surface area contributed by atoms with Crippen LogP contribution in [0.1, 0.15) is 15.9 Å². The van der Waals surface area contributed by atoms with Gasteiger partial charge in [0.05, 0.1) is 13.1 Å². The number of nitrogens with one attached hydrogen (secondary N) is 1. The molecule has 1 fully saturated rings. The van der Waals surface area contributed by atoms with Gasteiger partial charge in [0.15, 0.2) is 0 Å². The zero-order valence-electron chi connectivity index (χ0n) is 13.2. The van der Waals surface area contributed by atoms with Crippen LogP contribution in [0.25, 0.3) is 0 Å². The second-order valence-corrected chi connectivity index (χ2v) is 5.54. The highest BCUT2D eigenvalue weighted by Gasteiger charge is 2.28.